The minimum absolute atomic E-state index is 0.0167. The van der Waals surface area contributed by atoms with Gasteiger partial charge < -0.3 is 14.8 Å². The predicted molar refractivity (Wildman–Crippen MR) is 93.5 cm³/mol. The Morgan fingerprint density at radius 1 is 0.783 bits per heavy atom. The summed E-state index contributed by atoms with van der Waals surface area (Å²) in [5.74, 6) is 1.67. The molecular weight excluding hydrogens is 310 g/mol. The Morgan fingerprint density at radius 3 is 1.74 bits per heavy atom. The topological polar surface area (TPSA) is 54.5 Å². The molecule has 0 radical (unpaired) electrons. The Balaban J connectivity index is 1.90. The van der Waals surface area contributed by atoms with Crippen molar-refractivity contribution in [2.45, 2.75) is 12.1 Å². The third-order valence-electron chi connectivity index (χ3n) is 3.91. The summed E-state index contributed by atoms with van der Waals surface area (Å²) in [6.45, 7) is 0. The number of methoxy groups -OCH3 is 2. The van der Waals surface area contributed by atoms with Crippen molar-refractivity contribution in [2.75, 3.05) is 14.2 Å². The lowest BCUT2D eigenvalue weighted by atomic mass is 9.93. The van der Waals surface area contributed by atoms with E-state index < -0.39 is 0 Å². The zero-order chi connectivity index (χ0) is 16.2. The quantitative estimate of drug-likeness (QED) is 0.749. The summed E-state index contributed by atoms with van der Waals surface area (Å²) in [5.41, 5.74) is 8.53. The van der Waals surface area contributed by atoms with Gasteiger partial charge in [0.2, 0.25) is 0 Å². The van der Waals surface area contributed by atoms with Crippen LogP contribution in [0.25, 0.3) is 0 Å². The summed E-state index contributed by atoms with van der Waals surface area (Å²) in [4.78, 5) is 0. The van der Waals surface area contributed by atoms with E-state index in [2.05, 4.69) is 16.2 Å². The van der Waals surface area contributed by atoms with Crippen LogP contribution in [0.4, 0.5) is 0 Å². The van der Waals surface area contributed by atoms with Crippen molar-refractivity contribution in [1.82, 2.24) is 16.2 Å². The van der Waals surface area contributed by atoms with Gasteiger partial charge in [0.05, 0.1) is 26.3 Å². The third kappa shape index (κ3) is 3.38. The van der Waals surface area contributed by atoms with Gasteiger partial charge in [-0.25, -0.2) is 5.43 Å². The van der Waals surface area contributed by atoms with Gasteiger partial charge in [0.1, 0.15) is 11.5 Å². The second kappa shape index (κ2) is 6.85. The first-order chi connectivity index (χ1) is 11.2. The molecule has 1 heterocycles. The molecule has 120 valence electrons. The maximum Gasteiger partial charge on any atom is 0.181 e. The molecule has 0 aliphatic carbocycles. The van der Waals surface area contributed by atoms with Crippen LogP contribution < -0.4 is 25.6 Å². The molecule has 0 amide bonds. The summed E-state index contributed by atoms with van der Waals surface area (Å²) >= 11 is 5.24. The van der Waals surface area contributed by atoms with Crippen LogP contribution in [0.1, 0.15) is 23.2 Å². The average Bonchev–Trinajstić information content (AvgIpc) is 2.62. The predicted octanol–water partition coefficient (Wildman–Crippen LogP) is 2.47. The van der Waals surface area contributed by atoms with E-state index >= 15 is 0 Å². The fourth-order valence-electron chi connectivity index (χ4n) is 2.66. The second-order valence-electron chi connectivity index (χ2n) is 5.24. The number of hydrogen-bond donors (Lipinski definition) is 3. The Kier molecular flexibility index (Phi) is 4.64. The van der Waals surface area contributed by atoms with E-state index in [1.165, 1.54) is 0 Å². The molecule has 1 aliphatic rings. The van der Waals surface area contributed by atoms with Gasteiger partial charge in [0.15, 0.2) is 5.11 Å². The van der Waals surface area contributed by atoms with Gasteiger partial charge in [-0.2, -0.15) is 0 Å². The fourth-order valence-corrected chi connectivity index (χ4v) is 2.85. The van der Waals surface area contributed by atoms with Crippen LogP contribution in [-0.2, 0) is 0 Å². The van der Waals surface area contributed by atoms with Gasteiger partial charge in [-0.3, -0.25) is 5.43 Å². The average molecular weight is 329 g/mol. The zero-order valence-corrected chi connectivity index (χ0v) is 13.8. The first-order valence-electron chi connectivity index (χ1n) is 7.31. The maximum atomic E-state index is 5.24. The van der Waals surface area contributed by atoms with Crippen LogP contribution in [0.5, 0.6) is 11.5 Å². The lowest BCUT2D eigenvalue weighted by molar-refractivity contribution is 0.367. The van der Waals surface area contributed by atoms with E-state index in [4.69, 9.17) is 21.7 Å². The Bertz CT molecular complexity index is 673. The van der Waals surface area contributed by atoms with Crippen molar-refractivity contribution in [3.05, 3.63) is 59.7 Å². The molecule has 2 unspecified atom stereocenters. The maximum absolute atomic E-state index is 5.24. The highest BCUT2D eigenvalue weighted by molar-refractivity contribution is 7.80. The zero-order valence-electron chi connectivity index (χ0n) is 13.0. The number of hydrogen-bond acceptors (Lipinski definition) is 4. The molecule has 0 aromatic heterocycles. The van der Waals surface area contributed by atoms with Crippen LogP contribution in [-0.4, -0.2) is 19.3 Å². The molecule has 3 N–H and O–H groups in total. The first kappa shape index (κ1) is 15.6. The summed E-state index contributed by atoms with van der Waals surface area (Å²) in [7, 11) is 3.32. The highest BCUT2D eigenvalue weighted by Crippen LogP contribution is 2.31. The fraction of sp³-hybridized carbons (Fsp3) is 0.235. The van der Waals surface area contributed by atoms with E-state index in [9.17, 15) is 0 Å². The molecule has 3 rings (SSSR count). The number of rotatable bonds is 4. The Hall–Kier alpha value is -2.31. The molecule has 2 aromatic rings. The molecule has 1 fully saturated rings. The number of benzene rings is 2. The van der Waals surface area contributed by atoms with E-state index in [-0.39, 0.29) is 12.1 Å². The molecule has 5 nitrogen and oxygen atoms in total. The SMILES string of the molecule is COc1ccc(C2NNC(=S)NC2c2ccc(OC)cc2)cc1. The summed E-state index contributed by atoms with van der Waals surface area (Å²) in [5, 5.41) is 3.91. The summed E-state index contributed by atoms with van der Waals surface area (Å²) < 4.78 is 10.5. The van der Waals surface area contributed by atoms with Crippen molar-refractivity contribution < 1.29 is 9.47 Å². The molecule has 2 atom stereocenters. The van der Waals surface area contributed by atoms with Crippen molar-refractivity contribution in [2.24, 2.45) is 0 Å². The minimum atomic E-state index is 0.0167. The van der Waals surface area contributed by atoms with Crippen molar-refractivity contribution in [1.29, 1.82) is 0 Å². The molecule has 1 saturated heterocycles. The lowest BCUT2D eigenvalue weighted by Crippen LogP contribution is -2.56. The number of hydrazine groups is 1. The lowest BCUT2D eigenvalue weighted by Gasteiger charge is -2.36. The number of thiocarbonyl (C=S) groups is 1. The van der Waals surface area contributed by atoms with Gasteiger partial charge in [-0.05, 0) is 47.6 Å². The highest BCUT2D eigenvalue weighted by atomic mass is 32.1. The second-order valence-corrected chi connectivity index (χ2v) is 5.65. The normalized spacial score (nSPS) is 20.3. The molecule has 6 heteroatoms. The van der Waals surface area contributed by atoms with E-state index in [0.29, 0.717) is 5.11 Å². The van der Waals surface area contributed by atoms with Gasteiger partial charge >= 0.3 is 0 Å². The molecule has 0 spiro atoms. The molecule has 0 saturated carbocycles. The molecule has 2 aromatic carbocycles. The van der Waals surface area contributed by atoms with E-state index in [1.54, 1.807) is 14.2 Å². The molecule has 23 heavy (non-hydrogen) atoms. The Labute approximate surface area is 141 Å². The van der Waals surface area contributed by atoms with Crippen LogP contribution in [0.15, 0.2) is 48.5 Å². The van der Waals surface area contributed by atoms with Gasteiger partial charge in [0, 0.05) is 0 Å². The first-order valence-corrected chi connectivity index (χ1v) is 7.72. The smallest absolute Gasteiger partial charge is 0.181 e. The standard InChI is InChI=1S/C17H19N3O2S/c1-21-13-7-3-11(4-8-13)15-16(19-20-17(23)18-15)12-5-9-14(22-2)10-6-12/h3-10,15-16,19H,1-2H3,(H2,18,20,23). The van der Waals surface area contributed by atoms with E-state index in [1.807, 2.05) is 48.5 Å². The third-order valence-corrected chi connectivity index (χ3v) is 4.13. The number of nitrogens with one attached hydrogen (secondary N) is 3. The van der Waals surface area contributed by atoms with Crippen LogP contribution in [0, 0.1) is 0 Å². The molecule has 1 aliphatic heterocycles. The van der Waals surface area contributed by atoms with Crippen molar-refractivity contribution in [3.8, 4) is 11.5 Å². The minimum Gasteiger partial charge on any atom is -0.497 e. The largest absolute Gasteiger partial charge is 0.497 e. The molecular formula is C17H19N3O2S. The Morgan fingerprint density at radius 2 is 1.26 bits per heavy atom. The summed E-state index contributed by atoms with van der Waals surface area (Å²) in [6.07, 6.45) is 0. The summed E-state index contributed by atoms with van der Waals surface area (Å²) in [6, 6.07) is 16.0. The molecule has 0 bridgehead atoms. The van der Waals surface area contributed by atoms with Gasteiger partial charge in [-0.1, -0.05) is 24.3 Å². The van der Waals surface area contributed by atoms with Crippen LogP contribution in [0.3, 0.4) is 0 Å². The van der Waals surface area contributed by atoms with Gasteiger partial charge in [-0.15, -0.1) is 0 Å². The van der Waals surface area contributed by atoms with Crippen molar-refractivity contribution in [3.63, 3.8) is 0 Å². The number of ether oxygens (including phenoxy) is 2. The monoisotopic (exact) mass is 329 g/mol. The van der Waals surface area contributed by atoms with Gasteiger partial charge in [0.25, 0.3) is 0 Å². The highest BCUT2D eigenvalue weighted by Gasteiger charge is 2.29. The van der Waals surface area contributed by atoms with Crippen molar-refractivity contribution >= 4 is 17.3 Å². The van der Waals surface area contributed by atoms with Crippen LogP contribution in [0.2, 0.25) is 0 Å². The van der Waals surface area contributed by atoms with Crippen LogP contribution >= 0.6 is 12.2 Å². The van der Waals surface area contributed by atoms with E-state index in [0.717, 1.165) is 22.6 Å².